The topological polar surface area (TPSA) is 35.2 Å². The molecule has 0 saturated carbocycles. The minimum absolute atomic E-state index is 0.0595. The molecule has 7 heteroatoms. The third-order valence-corrected chi connectivity index (χ3v) is 2.67. The molecule has 1 aromatic carbocycles. The quantitative estimate of drug-likeness (QED) is 0.802. The van der Waals surface area contributed by atoms with Crippen molar-refractivity contribution in [3.05, 3.63) is 21.6 Å². The molecule has 0 aromatic heterocycles. The fraction of sp³-hybridized carbons (Fsp3) is 0.143. The predicted molar refractivity (Wildman–Crippen MR) is 50.2 cm³/mol. The fourth-order valence-electron chi connectivity index (χ4n) is 0.777. The molecule has 0 unspecified atom stereocenters. The van der Waals surface area contributed by atoms with Crippen LogP contribution < -0.4 is 10.5 Å². The van der Waals surface area contributed by atoms with Gasteiger partial charge in [-0.1, -0.05) is 11.6 Å². The lowest BCUT2D eigenvalue weighted by Crippen LogP contribution is -2.17. The van der Waals surface area contributed by atoms with E-state index in [0.29, 0.717) is 4.47 Å². The molecule has 0 aliphatic carbocycles. The van der Waals surface area contributed by atoms with E-state index >= 15 is 0 Å². The number of ether oxygens (including phenoxy) is 1. The van der Waals surface area contributed by atoms with Crippen LogP contribution >= 0.6 is 27.5 Å². The molecule has 1 aromatic rings. The Bertz CT molecular complexity index is 332. The van der Waals surface area contributed by atoms with Crippen LogP contribution in [0.5, 0.6) is 5.75 Å². The van der Waals surface area contributed by atoms with Crippen molar-refractivity contribution in [2.75, 3.05) is 5.73 Å². The lowest BCUT2D eigenvalue weighted by Gasteiger charge is -2.10. The van der Waals surface area contributed by atoms with Gasteiger partial charge in [0.05, 0.1) is 15.2 Å². The number of hydrogen-bond acceptors (Lipinski definition) is 2. The second kappa shape index (κ2) is 3.86. The van der Waals surface area contributed by atoms with Crippen molar-refractivity contribution in [2.45, 2.75) is 6.36 Å². The molecule has 0 aliphatic heterocycles. The van der Waals surface area contributed by atoms with Crippen LogP contribution in [0.15, 0.2) is 16.6 Å². The number of rotatable bonds is 1. The van der Waals surface area contributed by atoms with Gasteiger partial charge in [0.1, 0.15) is 5.75 Å². The predicted octanol–water partition coefficient (Wildman–Crippen LogP) is 3.58. The maximum Gasteiger partial charge on any atom is 0.573 e. The van der Waals surface area contributed by atoms with E-state index in [1.165, 1.54) is 0 Å². The van der Waals surface area contributed by atoms with Gasteiger partial charge in [0.2, 0.25) is 0 Å². The van der Waals surface area contributed by atoms with Gasteiger partial charge in [-0.05, 0) is 15.9 Å². The lowest BCUT2D eigenvalue weighted by molar-refractivity contribution is -0.274. The summed E-state index contributed by atoms with van der Waals surface area (Å²) < 4.78 is 39.3. The molecule has 0 fully saturated rings. The molecule has 2 N–H and O–H groups in total. The van der Waals surface area contributed by atoms with Gasteiger partial charge in [0.25, 0.3) is 0 Å². The first-order chi connectivity index (χ1) is 6.29. The van der Waals surface area contributed by atoms with E-state index in [9.17, 15) is 13.2 Å². The molecule has 0 radical (unpaired) electrons. The van der Waals surface area contributed by atoms with Gasteiger partial charge in [0.15, 0.2) is 0 Å². The second-order valence-corrected chi connectivity index (χ2v) is 3.56. The van der Waals surface area contributed by atoms with Crippen molar-refractivity contribution in [3.8, 4) is 5.75 Å². The summed E-state index contributed by atoms with van der Waals surface area (Å²) in [6.07, 6.45) is -4.75. The smallest absolute Gasteiger partial charge is 0.406 e. The summed E-state index contributed by atoms with van der Waals surface area (Å²) in [4.78, 5) is 0. The summed E-state index contributed by atoms with van der Waals surface area (Å²) in [6.45, 7) is 0. The van der Waals surface area contributed by atoms with Gasteiger partial charge < -0.3 is 10.5 Å². The van der Waals surface area contributed by atoms with E-state index in [1.54, 1.807) is 0 Å². The van der Waals surface area contributed by atoms with Crippen LogP contribution in [0.4, 0.5) is 18.9 Å². The van der Waals surface area contributed by atoms with E-state index in [0.717, 1.165) is 12.1 Å². The Morgan fingerprint density at radius 2 is 1.93 bits per heavy atom. The van der Waals surface area contributed by atoms with Gasteiger partial charge in [-0.25, -0.2) is 0 Å². The fourth-order valence-corrected chi connectivity index (χ4v) is 1.22. The van der Waals surface area contributed by atoms with Crippen molar-refractivity contribution >= 4 is 33.2 Å². The summed E-state index contributed by atoms with van der Waals surface area (Å²) in [7, 11) is 0. The molecule has 2 nitrogen and oxygen atoms in total. The summed E-state index contributed by atoms with van der Waals surface area (Å²) in [5, 5.41) is 0.0595. The number of benzene rings is 1. The highest BCUT2D eigenvalue weighted by Crippen LogP contribution is 2.34. The third kappa shape index (κ3) is 2.95. The zero-order chi connectivity index (χ0) is 10.9. The molecule has 0 heterocycles. The van der Waals surface area contributed by atoms with Crippen LogP contribution in [0, 0.1) is 0 Å². The number of halogens is 5. The van der Waals surface area contributed by atoms with Crippen molar-refractivity contribution in [3.63, 3.8) is 0 Å². The molecule has 0 spiro atoms. The number of hydrogen-bond donors (Lipinski definition) is 1. The normalized spacial score (nSPS) is 11.5. The Morgan fingerprint density at radius 3 is 2.36 bits per heavy atom. The second-order valence-electron chi connectivity index (χ2n) is 2.36. The van der Waals surface area contributed by atoms with Gasteiger partial charge in [-0.3, -0.25) is 0 Å². The highest BCUT2D eigenvalue weighted by Gasteiger charge is 2.31. The molecule has 0 saturated heterocycles. The van der Waals surface area contributed by atoms with Crippen LogP contribution in [-0.2, 0) is 0 Å². The highest BCUT2D eigenvalue weighted by atomic mass is 79.9. The van der Waals surface area contributed by atoms with E-state index in [-0.39, 0.29) is 10.7 Å². The largest absolute Gasteiger partial charge is 0.573 e. The van der Waals surface area contributed by atoms with Crippen LogP contribution in [0.3, 0.4) is 0 Å². The Morgan fingerprint density at radius 1 is 1.36 bits per heavy atom. The van der Waals surface area contributed by atoms with E-state index in [4.69, 9.17) is 17.3 Å². The molecule has 0 aliphatic rings. The van der Waals surface area contributed by atoms with Crippen LogP contribution in [0.1, 0.15) is 0 Å². The summed E-state index contributed by atoms with van der Waals surface area (Å²) in [6, 6.07) is 2.05. The molecular formula is C7H4BrClF3NO. The van der Waals surface area contributed by atoms with Gasteiger partial charge in [0, 0.05) is 12.1 Å². The minimum Gasteiger partial charge on any atom is -0.406 e. The van der Waals surface area contributed by atoms with E-state index < -0.39 is 12.1 Å². The Kier molecular flexibility index (Phi) is 3.16. The molecular weight excluding hydrogens is 286 g/mol. The molecule has 0 atom stereocenters. The number of nitrogen functional groups attached to an aromatic ring is 1. The number of nitrogens with two attached hydrogens (primary N) is 1. The Hall–Kier alpha value is -0.620. The highest BCUT2D eigenvalue weighted by molar-refractivity contribution is 9.10. The van der Waals surface area contributed by atoms with Crippen LogP contribution in [0.25, 0.3) is 0 Å². The number of alkyl halides is 3. The first-order valence-electron chi connectivity index (χ1n) is 3.30. The SMILES string of the molecule is Nc1cc(OC(F)(F)F)cc(Cl)c1Br. The molecule has 78 valence electrons. The van der Waals surface area contributed by atoms with Crippen molar-refractivity contribution in [1.29, 1.82) is 0 Å². The maximum atomic E-state index is 11.8. The van der Waals surface area contributed by atoms with Crippen molar-refractivity contribution < 1.29 is 17.9 Å². The van der Waals surface area contributed by atoms with Crippen molar-refractivity contribution in [2.24, 2.45) is 0 Å². The average Bonchev–Trinajstić information content (AvgIpc) is 1.96. The van der Waals surface area contributed by atoms with Crippen LogP contribution in [0.2, 0.25) is 5.02 Å². The zero-order valence-electron chi connectivity index (χ0n) is 6.53. The van der Waals surface area contributed by atoms with Gasteiger partial charge >= 0.3 is 6.36 Å². The molecule has 14 heavy (non-hydrogen) atoms. The van der Waals surface area contributed by atoms with E-state index in [2.05, 4.69) is 20.7 Å². The van der Waals surface area contributed by atoms with E-state index in [1.807, 2.05) is 0 Å². The third-order valence-electron chi connectivity index (χ3n) is 1.26. The molecule has 0 amide bonds. The summed E-state index contributed by atoms with van der Waals surface area (Å²) >= 11 is 8.57. The average molecular weight is 290 g/mol. The monoisotopic (exact) mass is 289 g/mol. The van der Waals surface area contributed by atoms with Gasteiger partial charge in [-0.15, -0.1) is 13.2 Å². The summed E-state index contributed by atoms with van der Waals surface area (Å²) in [5.41, 5.74) is 5.44. The lowest BCUT2D eigenvalue weighted by atomic mass is 10.3. The maximum absolute atomic E-state index is 11.8. The first kappa shape index (κ1) is 11.5. The Balaban J connectivity index is 3.02. The standard InChI is InChI=1S/C7H4BrClF3NO/c8-6-4(9)1-3(2-5(6)13)14-7(10,11)12/h1-2H,13H2. The molecule has 0 bridgehead atoms. The minimum atomic E-state index is -4.75. The first-order valence-corrected chi connectivity index (χ1v) is 4.47. The zero-order valence-corrected chi connectivity index (χ0v) is 8.87. The van der Waals surface area contributed by atoms with Crippen molar-refractivity contribution in [1.82, 2.24) is 0 Å². The summed E-state index contributed by atoms with van der Waals surface area (Å²) in [5.74, 6) is -0.441. The number of anilines is 1. The van der Waals surface area contributed by atoms with Gasteiger partial charge in [-0.2, -0.15) is 0 Å². The van der Waals surface area contributed by atoms with Crippen LogP contribution in [-0.4, -0.2) is 6.36 Å². The Labute approximate surface area is 90.9 Å². The molecule has 1 rings (SSSR count).